The van der Waals surface area contributed by atoms with Crippen LogP contribution in [0.4, 0.5) is 4.79 Å². The molecule has 2 N–H and O–H groups in total. The molecule has 0 aliphatic carbocycles. The third kappa shape index (κ3) is 3.37. The van der Waals surface area contributed by atoms with Crippen LogP contribution < -0.4 is 10.6 Å². The topological polar surface area (TPSA) is 41.1 Å². The second kappa shape index (κ2) is 7.20. The van der Waals surface area contributed by atoms with Crippen molar-refractivity contribution in [1.82, 2.24) is 10.6 Å². The van der Waals surface area contributed by atoms with Crippen LogP contribution in [-0.2, 0) is 0 Å². The maximum atomic E-state index is 12.2. The number of amides is 2. The first-order valence-electron chi connectivity index (χ1n) is 7.62. The summed E-state index contributed by atoms with van der Waals surface area (Å²) in [5.74, 6) is 0. The predicted molar refractivity (Wildman–Crippen MR) is 105 cm³/mol. The summed E-state index contributed by atoms with van der Waals surface area (Å²) in [4.78, 5) is 12.2. The number of carbonyl (C=O) groups excluding carboxylic acids is 1. The number of rotatable bonds is 3. The fourth-order valence-corrected chi connectivity index (χ4v) is 3.40. The third-order valence-electron chi connectivity index (χ3n) is 3.95. The average Bonchev–Trinajstić information content (AvgIpc) is 2.61. The quantitative estimate of drug-likeness (QED) is 0.800. The van der Waals surface area contributed by atoms with Gasteiger partial charge in [-0.05, 0) is 24.3 Å². The van der Waals surface area contributed by atoms with Crippen molar-refractivity contribution in [3.8, 4) is 0 Å². The number of aryl methyl sites for hydroxylation is 1. The summed E-state index contributed by atoms with van der Waals surface area (Å²) in [6.07, 6.45) is 1.96. The number of thioether (sulfide) groups is 1. The maximum Gasteiger partial charge on any atom is 0.320 e. The number of carbonyl (C=O) groups is 1. The Balaban J connectivity index is 2.18. The van der Waals surface area contributed by atoms with E-state index in [9.17, 15) is 4.79 Å². The molecule has 1 aliphatic rings. The zero-order chi connectivity index (χ0) is 17.1. The molecule has 3 rings (SSSR count). The van der Waals surface area contributed by atoms with Crippen molar-refractivity contribution in [3.05, 3.63) is 76.9 Å². The number of hydrogen-bond donors (Lipinski definition) is 2. The molecule has 0 saturated carbocycles. The van der Waals surface area contributed by atoms with Crippen molar-refractivity contribution in [1.29, 1.82) is 0 Å². The van der Waals surface area contributed by atoms with Crippen LogP contribution in [0.5, 0.6) is 0 Å². The normalized spacial score (nSPS) is 17.2. The maximum absolute atomic E-state index is 12.2. The van der Waals surface area contributed by atoms with E-state index in [4.69, 9.17) is 12.2 Å². The molecule has 0 fully saturated rings. The fourth-order valence-electron chi connectivity index (χ4n) is 2.74. The Hall–Kier alpha value is -2.11. The van der Waals surface area contributed by atoms with Crippen LogP contribution in [0, 0.1) is 6.92 Å². The van der Waals surface area contributed by atoms with Crippen molar-refractivity contribution in [2.24, 2.45) is 0 Å². The lowest BCUT2D eigenvalue weighted by molar-refractivity contribution is 0.241. The molecule has 0 aromatic heterocycles. The summed E-state index contributed by atoms with van der Waals surface area (Å²) >= 11 is 7.12. The van der Waals surface area contributed by atoms with Gasteiger partial charge in [-0.15, -0.1) is 11.8 Å². The van der Waals surface area contributed by atoms with Gasteiger partial charge in [0.1, 0.15) is 0 Å². The SMILES string of the molecule is CSC(=S)C1=C(c2ccc(C)cc2)NC(=O)NC1c1ccccc1. The van der Waals surface area contributed by atoms with E-state index in [2.05, 4.69) is 10.6 Å². The van der Waals surface area contributed by atoms with E-state index in [-0.39, 0.29) is 12.1 Å². The van der Waals surface area contributed by atoms with E-state index < -0.39 is 0 Å². The van der Waals surface area contributed by atoms with Crippen LogP contribution >= 0.6 is 24.0 Å². The van der Waals surface area contributed by atoms with Gasteiger partial charge in [0.05, 0.1) is 15.9 Å². The van der Waals surface area contributed by atoms with Gasteiger partial charge in [0.15, 0.2) is 0 Å². The highest BCUT2D eigenvalue weighted by Gasteiger charge is 2.30. The summed E-state index contributed by atoms with van der Waals surface area (Å²) in [7, 11) is 0. The summed E-state index contributed by atoms with van der Waals surface area (Å²) in [6.45, 7) is 2.04. The van der Waals surface area contributed by atoms with E-state index in [1.807, 2.05) is 67.8 Å². The number of thiocarbonyl (C=S) groups is 1. The molecular weight excluding hydrogens is 336 g/mol. The monoisotopic (exact) mass is 354 g/mol. The molecule has 2 aromatic carbocycles. The Morgan fingerprint density at radius 3 is 2.38 bits per heavy atom. The second-order valence-electron chi connectivity index (χ2n) is 5.59. The molecule has 0 spiro atoms. The first kappa shape index (κ1) is 16.7. The first-order chi connectivity index (χ1) is 11.6. The van der Waals surface area contributed by atoms with Gasteiger partial charge in [0.2, 0.25) is 0 Å². The molecule has 1 unspecified atom stereocenters. The molecule has 24 heavy (non-hydrogen) atoms. The first-order valence-corrected chi connectivity index (χ1v) is 9.25. The van der Waals surface area contributed by atoms with Crippen LogP contribution in [0.15, 0.2) is 60.2 Å². The molecule has 0 radical (unpaired) electrons. The number of nitrogens with one attached hydrogen (secondary N) is 2. The molecule has 3 nitrogen and oxygen atoms in total. The average molecular weight is 355 g/mol. The number of benzene rings is 2. The molecule has 0 bridgehead atoms. The number of urea groups is 1. The van der Waals surface area contributed by atoms with Gasteiger partial charge in [-0.2, -0.15) is 0 Å². The Labute approximate surface area is 151 Å². The Morgan fingerprint density at radius 1 is 1.08 bits per heavy atom. The predicted octanol–water partition coefficient (Wildman–Crippen LogP) is 4.45. The second-order valence-corrected chi connectivity index (χ2v) is 7.07. The Kier molecular flexibility index (Phi) is 5.02. The van der Waals surface area contributed by atoms with E-state index in [0.717, 1.165) is 26.6 Å². The van der Waals surface area contributed by atoms with E-state index in [1.54, 1.807) is 0 Å². The zero-order valence-corrected chi connectivity index (χ0v) is 15.1. The van der Waals surface area contributed by atoms with Crippen molar-refractivity contribution in [2.75, 3.05) is 6.26 Å². The highest BCUT2D eigenvalue weighted by atomic mass is 32.2. The largest absolute Gasteiger partial charge is 0.327 e. The van der Waals surface area contributed by atoms with Crippen LogP contribution in [0.3, 0.4) is 0 Å². The summed E-state index contributed by atoms with van der Waals surface area (Å²) < 4.78 is 0.770. The van der Waals surface area contributed by atoms with Crippen LogP contribution in [0.2, 0.25) is 0 Å². The molecule has 5 heteroatoms. The van der Waals surface area contributed by atoms with Gasteiger partial charge < -0.3 is 10.6 Å². The van der Waals surface area contributed by atoms with Crippen molar-refractivity contribution < 1.29 is 4.79 Å². The standard InChI is InChI=1S/C19H18N2OS2/c1-12-8-10-14(11-9-12)17-15(18(23)24-2)16(20-19(22)21-17)13-6-4-3-5-7-13/h3-11,16H,1-2H3,(H2,20,21,22). The lowest BCUT2D eigenvalue weighted by Crippen LogP contribution is -2.44. The van der Waals surface area contributed by atoms with Gasteiger partial charge in [-0.25, -0.2) is 4.79 Å². The summed E-state index contributed by atoms with van der Waals surface area (Å²) in [5, 5.41) is 5.95. The molecule has 1 atom stereocenters. The summed E-state index contributed by atoms with van der Waals surface area (Å²) in [6, 6.07) is 17.5. The molecule has 2 aromatic rings. The van der Waals surface area contributed by atoms with Crippen molar-refractivity contribution in [2.45, 2.75) is 13.0 Å². The van der Waals surface area contributed by atoms with Crippen molar-refractivity contribution >= 4 is 39.9 Å². The lowest BCUT2D eigenvalue weighted by Gasteiger charge is -2.31. The third-order valence-corrected chi connectivity index (χ3v) is 5.26. The van der Waals surface area contributed by atoms with E-state index in [1.165, 1.54) is 17.3 Å². The molecule has 122 valence electrons. The Bertz CT molecular complexity index is 798. The van der Waals surface area contributed by atoms with E-state index in [0.29, 0.717) is 0 Å². The van der Waals surface area contributed by atoms with E-state index >= 15 is 0 Å². The molecule has 2 amide bonds. The summed E-state index contributed by atoms with van der Waals surface area (Å²) in [5.41, 5.74) is 4.87. The number of hydrogen-bond acceptors (Lipinski definition) is 3. The molecule has 0 saturated heterocycles. The van der Waals surface area contributed by atoms with Crippen LogP contribution in [0.25, 0.3) is 5.70 Å². The minimum Gasteiger partial charge on any atom is -0.327 e. The molecule has 1 heterocycles. The smallest absolute Gasteiger partial charge is 0.320 e. The fraction of sp³-hybridized carbons (Fsp3) is 0.158. The zero-order valence-electron chi connectivity index (χ0n) is 13.5. The minimum absolute atomic E-state index is 0.216. The van der Waals surface area contributed by atoms with Gasteiger partial charge in [0.25, 0.3) is 0 Å². The molecular formula is C19H18N2OS2. The van der Waals surface area contributed by atoms with Gasteiger partial charge >= 0.3 is 6.03 Å². The van der Waals surface area contributed by atoms with Gasteiger partial charge in [-0.3, -0.25) is 0 Å². The molecule has 1 aliphatic heterocycles. The minimum atomic E-state index is -0.254. The highest BCUT2D eigenvalue weighted by molar-refractivity contribution is 8.23. The highest BCUT2D eigenvalue weighted by Crippen LogP contribution is 2.34. The van der Waals surface area contributed by atoms with Crippen LogP contribution in [-0.4, -0.2) is 16.5 Å². The Morgan fingerprint density at radius 2 is 1.75 bits per heavy atom. The lowest BCUT2D eigenvalue weighted by atomic mass is 9.93. The van der Waals surface area contributed by atoms with Crippen LogP contribution in [0.1, 0.15) is 22.7 Å². The van der Waals surface area contributed by atoms with Gasteiger partial charge in [0, 0.05) is 5.57 Å². The van der Waals surface area contributed by atoms with Crippen molar-refractivity contribution in [3.63, 3.8) is 0 Å². The van der Waals surface area contributed by atoms with Gasteiger partial charge in [-0.1, -0.05) is 72.4 Å².